The number of thiophene rings is 1. The van der Waals surface area contributed by atoms with E-state index in [2.05, 4.69) is 61.8 Å². The van der Waals surface area contributed by atoms with E-state index >= 15 is 0 Å². The number of aryl methyl sites for hydroxylation is 1. The first kappa shape index (κ1) is 14.3. The largest absolute Gasteiger partial charge is 0.305 e. The lowest BCUT2D eigenvalue weighted by Gasteiger charge is -2.19. The van der Waals surface area contributed by atoms with Crippen molar-refractivity contribution in [2.24, 2.45) is 7.05 Å². The van der Waals surface area contributed by atoms with E-state index in [1.807, 2.05) is 11.7 Å². The minimum atomic E-state index is 0.0877. The first-order valence-corrected chi connectivity index (χ1v) is 7.55. The van der Waals surface area contributed by atoms with Crippen LogP contribution in [0.15, 0.2) is 23.7 Å². The fraction of sp³-hybridized carbons (Fsp3) is 0.533. The maximum atomic E-state index is 4.60. The van der Waals surface area contributed by atoms with Gasteiger partial charge in [-0.3, -0.25) is 4.68 Å². The van der Waals surface area contributed by atoms with Crippen molar-refractivity contribution in [1.29, 1.82) is 0 Å². The van der Waals surface area contributed by atoms with E-state index in [0.717, 1.165) is 6.54 Å². The third-order valence-corrected chi connectivity index (χ3v) is 4.24. The Morgan fingerprint density at radius 3 is 2.74 bits per heavy atom. The quantitative estimate of drug-likeness (QED) is 0.925. The molecule has 0 saturated carbocycles. The van der Waals surface area contributed by atoms with E-state index in [1.54, 1.807) is 11.3 Å². The van der Waals surface area contributed by atoms with E-state index in [0.29, 0.717) is 6.04 Å². The molecule has 0 saturated heterocycles. The molecule has 1 N–H and O–H groups in total. The van der Waals surface area contributed by atoms with Crippen molar-refractivity contribution in [1.82, 2.24) is 15.1 Å². The summed E-state index contributed by atoms with van der Waals surface area (Å²) < 4.78 is 1.91. The Labute approximate surface area is 119 Å². The molecule has 0 radical (unpaired) electrons. The Bertz CT molecular complexity index is 520. The van der Waals surface area contributed by atoms with Crippen LogP contribution in [0.25, 0.3) is 0 Å². The highest BCUT2D eigenvalue weighted by atomic mass is 32.1. The Hall–Kier alpha value is -1.13. The first-order valence-electron chi connectivity index (χ1n) is 6.67. The molecule has 2 aromatic heterocycles. The van der Waals surface area contributed by atoms with E-state index in [4.69, 9.17) is 0 Å². The number of aromatic nitrogens is 2. The summed E-state index contributed by atoms with van der Waals surface area (Å²) in [5, 5.41) is 10.3. The van der Waals surface area contributed by atoms with Crippen molar-refractivity contribution < 1.29 is 0 Å². The first-order chi connectivity index (χ1) is 8.88. The lowest BCUT2D eigenvalue weighted by molar-refractivity contribution is 0.533. The Kier molecular flexibility index (Phi) is 4.11. The number of nitrogens with zero attached hydrogens (tertiary/aromatic N) is 2. The van der Waals surface area contributed by atoms with Gasteiger partial charge in [0.1, 0.15) is 0 Å². The second-order valence-corrected chi connectivity index (χ2v) is 7.02. The van der Waals surface area contributed by atoms with Crippen LogP contribution in [-0.4, -0.2) is 9.78 Å². The Balaban J connectivity index is 2.08. The van der Waals surface area contributed by atoms with Crippen molar-refractivity contribution in [3.8, 4) is 0 Å². The summed E-state index contributed by atoms with van der Waals surface area (Å²) in [6, 6.07) is 4.66. The van der Waals surface area contributed by atoms with Crippen LogP contribution < -0.4 is 5.32 Å². The highest BCUT2D eigenvalue weighted by Crippen LogP contribution is 2.25. The van der Waals surface area contributed by atoms with Gasteiger partial charge in [-0.2, -0.15) is 5.10 Å². The van der Waals surface area contributed by atoms with Gasteiger partial charge in [0.05, 0.1) is 5.69 Å². The molecule has 0 spiro atoms. The molecule has 2 heterocycles. The van der Waals surface area contributed by atoms with E-state index in [-0.39, 0.29) is 5.41 Å². The van der Waals surface area contributed by atoms with Gasteiger partial charge < -0.3 is 5.32 Å². The smallest absolute Gasteiger partial charge is 0.0722 e. The second-order valence-electron chi connectivity index (χ2n) is 6.04. The Morgan fingerprint density at radius 1 is 1.42 bits per heavy atom. The lowest BCUT2D eigenvalue weighted by Crippen LogP contribution is -2.21. The van der Waals surface area contributed by atoms with Gasteiger partial charge in [-0.1, -0.05) is 26.8 Å². The molecule has 3 nitrogen and oxygen atoms in total. The zero-order valence-electron chi connectivity index (χ0n) is 12.4. The average molecular weight is 277 g/mol. The third kappa shape index (κ3) is 3.45. The molecule has 0 aliphatic heterocycles. The molecule has 0 unspecified atom stereocenters. The summed E-state index contributed by atoms with van der Waals surface area (Å²) >= 11 is 1.80. The van der Waals surface area contributed by atoms with Gasteiger partial charge in [-0.25, -0.2) is 0 Å². The Morgan fingerprint density at radius 2 is 2.16 bits per heavy atom. The molecule has 0 aromatic carbocycles. The number of rotatable bonds is 4. The van der Waals surface area contributed by atoms with E-state index in [1.165, 1.54) is 16.1 Å². The zero-order chi connectivity index (χ0) is 14.0. The molecule has 0 fully saturated rings. The topological polar surface area (TPSA) is 29.9 Å². The molecule has 104 valence electrons. The normalized spacial score (nSPS) is 13.7. The third-order valence-electron chi connectivity index (χ3n) is 3.18. The summed E-state index contributed by atoms with van der Waals surface area (Å²) in [5.74, 6) is 0. The fourth-order valence-corrected chi connectivity index (χ4v) is 2.96. The summed E-state index contributed by atoms with van der Waals surface area (Å²) in [5.41, 5.74) is 2.56. The number of nitrogens with one attached hydrogen (secondary N) is 1. The van der Waals surface area contributed by atoms with Gasteiger partial charge in [0, 0.05) is 41.7 Å². The van der Waals surface area contributed by atoms with Crippen molar-refractivity contribution in [3.05, 3.63) is 39.8 Å². The summed E-state index contributed by atoms with van der Waals surface area (Å²) in [7, 11) is 1.99. The lowest BCUT2D eigenvalue weighted by atomic mass is 9.89. The molecular formula is C15H23N3S. The number of hydrogen-bond acceptors (Lipinski definition) is 3. The molecule has 0 aliphatic carbocycles. The van der Waals surface area contributed by atoms with Crippen molar-refractivity contribution >= 4 is 11.3 Å². The highest BCUT2D eigenvalue weighted by Gasteiger charge is 2.21. The van der Waals surface area contributed by atoms with Crippen molar-refractivity contribution in [2.75, 3.05) is 0 Å². The summed E-state index contributed by atoms with van der Waals surface area (Å²) in [4.78, 5) is 1.38. The van der Waals surface area contributed by atoms with Gasteiger partial charge in [0.15, 0.2) is 0 Å². The molecule has 4 heteroatoms. The number of hydrogen-bond donors (Lipinski definition) is 1. The molecule has 1 atom stereocenters. The monoisotopic (exact) mass is 277 g/mol. The molecule has 2 aromatic rings. The molecule has 2 rings (SSSR count). The summed E-state index contributed by atoms with van der Waals surface area (Å²) in [6.45, 7) is 9.70. The maximum absolute atomic E-state index is 4.60. The predicted molar refractivity (Wildman–Crippen MR) is 81.5 cm³/mol. The molecule has 0 aliphatic rings. The van der Waals surface area contributed by atoms with Crippen molar-refractivity contribution in [2.45, 2.75) is 45.7 Å². The van der Waals surface area contributed by atoms with Crippen LogP contribution in [0.5, 0.6) is 0 Å². The van der Waals surface area contributed by atoms with E-state index in [9.17, 15) is 0 Å². The van der Waals surface area contributed by atoms with Crippen LogP contribution in [0.1, 0.15) is 49.9 Å². The zero-order valence-corrected chi connectivity index (χ0v) is 13.2. The predicted octanol–water partition coefficient (Wildman–Crippen LogP) is 3.63. The minimum absolute atomic E-state index is 0.0877. The van der Waals surface area contributed by atoms with Crippen LogP contribution in [0.4, 0.5) is 0 Å². The van der Waals surface area contributed by atoms with Gasteiger partial charge in [-0.15, -0.1) is 11.3 Å². The van der Waals surface area contributed by atoms with Gasteiger partial charge >= 0.3 is 0 Å². The second kappa shape index (κ2) is 5.47. The van der Waals surface area contributed by atoms with Crippen LogP contribution in [0.3, 0.4) is 0 Å². The summed E-state index contributed by atoms with van der Waals surface area (Å²) in [6.07, 6.45) is 2.12. The molecular weight excluding hydrogens is 254 g/mol. The fourth-order valence-electron chi connectivity index (χ4n) is 2.20. The molecule has 0 amide bonds. The molecule has 0 bridgehead atoms. The van der Waals surface area contributed by atoms with Crippen LogP contribution in [0.2, 0.25) is 0 Å². The van der Waals surface area contributed by atoms with Gasteiger partial charge in [0.25, 0.3) is 0 Å². The van der Waals surface area contributed by atoms with E-state index < -0.39 is 0 Å². The van der Waals surface area contributed by atoms with Crippen molar-refractivity contribution in [3.63, 3.8) is 0 Å². The van der Waals surface area contributed by atoms with Crippen LogP contribution in [-0.2, 0) is 19.0 Å². The highest BCUT2D eigenvalue weighted by molar-refractivity contribution is 7.10. The maximum Gasteiger partial charge on any atom is 0.0722 e. The van der Waals surface area contributed by atoms with Crippen LogP contribution in [0, 0.1) is 0 Å². The van der Waals surface area contributed by atoms with Gasteiger partial charge in [-0.05, 0) is 18.4 Å². The molecule has 19 heavy (non-hydrogen) atoms. The minimum Gasteiger partial charge on any atom is -0.305 e. The standard InChI is InChI=1S/C15H23N3S/c1-11(13-7-6-8-19-13)16-9-12-10-18(5)17-14(12)15(2,3)4/h6-8,10-11,16H,9H2,1-5H3/t11-/m1/s1. The van der Waals surface area contributed by atoms with Crippen LogP contribution >= 0.6 is 11.3 Å². The average Bonchev–Trinajstić information content (AvgIpc) is 2.93. The van der Waals surface area contributed by atoms with Gasteiger partial charge in [0.2, 0.25) is 0 Å². The SMILES string of the molecule is C[C@@H](NCc1cn(C)nc1C(C)(C)C)c1cccs1.